The molecule has 3 rings (SSSR count). The van der Waals surface area contributed by atoms with Gasteiger partial charge in [0.1, 0.15) is 17.8 Å². The van der Waals surface area contributed by atoms with Crippen LogP contribution in [0.2, 0.25) is 5.02 Å². The van der Waals surface area contributed by atoms with E-state index in [0.717, 1.165) is 36.3 Å². The van der Waals surface area contributed by atoms with Gasteiger partial charge in [0.15, 0.2) is 0 Å². The lowest BCUT2D eigenvalue weighted by Gasteiger charge is -2.34. The maximum absolute atomic E-state index is 13.0. The van der Waals surface area contributed by atoms with Gasteiger partial charge < -0.3 is 15.4 Å². The zero-order valence-corrected chi connectivity index (χ0v) is 16.1. The Morgan fingerprint density at radius 1 is 1.15 bits per heavy atom. The lowest BCUT2D eigenvalue weighted by Crippen LogP contribution is -2.45. The summed E-state index contributed by atoms with van der Waals surface area (Å²) in [6, 6.07) is 13.4. The molecule has 1 unspecified atom stereocenters. The minimum absolute atomic E-state index is 0.368. The number of hydrogen-bond acceptors (Lipinski definition) is 3. The van der Waals surface area contributed by atoms with Gasteiger partial charge in [-0.3, -0.25) is 4.79 Å². The van der Waals surface area contributed by atoms with Crippen molar-refractivity contribution >= 4 is 17.5 Å². The SMILES string of the molecule is CCN(CC)CCC1(C(N)=O)c2ccccc2COc2c(Cl)cccc21. The van der Waals surface area contributed by atoms with Crippen molar-refractivity contribution < 1.29 is 9.53 Å². The molecule has 0 spiro atoms. The van der Waals surface area contributed by atoms with Crippen molar-refractivity contribution in [1.82, 2.24) is 4.90 Å². The van der Waals surface area contributed by atoms with E-state index in [9.17, 15) is 4.79 Å². The van der Waals surface area contributed by atoms with Crippen molar-refractivity contribution in [3.63, 3.8) is 0 Å². The van der Waals surface area contributed by atoms with Crippen LogP contribution >= 0.6 is 11.6 Å². The minimum atomic E-state index is -0.962. The molecular weight excluding hydrogens is 348 g/mol. The van der Waals surface area contributed by atoms with Crippen molar-refractivity contribution in [3.8, 4) is 5.75 Å². The number of nitrogens with zero attached hydrogens (tertiary/aromatic N) is 1. The molecule has 2 aromatic rings. The summed E-state index contributed by atoms with van der Waals surface area (Å²) in [6.07, 6.45) is 0.581. The Kier molecular flexibility index (Phi) is 5.54. The van der Waals surface area contributed by atoms with E-state index < -0.39 is 5.41 Å². The smallest absolute Gasteiger partial charge is 0.232 e. The summed E-state index contributed by atoms with van der Waals surface area (Å²) in [6.45, 7) is 7.21. The number of carbonyl (C=O) groups excluding carboxylic acids is 1. The van der Waals surface area contributed by atoms with Gasteiger partial charge in [0.2, 0.25) is 5.91 Å². The average molecular weight is 373 g/mol. The standard InChI is InChI=1S/C21H25ClN2O2/c1-3-24(4-2)13-12-21(20(23)25)16-9-6-5-8-15(16)14-26-19-17(21)10-7-11-18(19)22/h5-11H,3-4,12-14H2,1-2H3,(H2,23,25). The molecular formula is C21H25ClN2O2. The average Bonchev–Trinajstić information content (AvgIpc) is 2.79. The number of halogens is 1. The lowest BCUT2D eigenvalue weighted by molar-refractivity contribution is -0.122. The van der Waals surface area contributed by atoms with Crippen LogP contribution in [-0.2, 0) is 16.8 Å². The first-order valence-corrected chi connectivity index (χ1v) is 9.44. The molecule has 26 heavy (non-hydrogen) atoms. The normalized spacial score (nSPS) is 18.6. The van der Waals surface area contributed by atoms with Crippen LogP contribution < -0.4 is 10.5 Å². The van der Waals surface area contributed by atoms with Crippen LogP contribution in [0.4, 0.5) is 0 Å². The highest BCUT2D eigenvalue weighted by atomic mass is 35.5. The molecule has 0 aromatic heterocycles. The van der Waals surface area contributed by atoms with E-state index in [4.69, 9.17) is 22.1 Å². The molecule has 1 aliphatic rings. The third-order valence-corrected chi connectivity index (χ3v) is 5.69. The van der Waals surface area contributed by atoms with Crippen LogP contribution in [0.1, 0.15) is 37.0 Å². The molecule has 2 aromatic carbocycles. The molecule has 0 radical (unpaired) electrons. The Morgan fingerprint density at radius 2 is 1.85 bits per heavy atom. The molecule has 4 nitrogen and oxygen atoms in total. The number of rotatable bonds is 6. The highest BCUT2D eigenvalue weighted by Gasteiger charge is 2.45. The van der Waals surface area contributed by atoms with Crippen LogP contribution in [0, 0.1) is 0 Å². The molecule has 1 amide bonds. The Balaban J connectivity index is 2.23. The van der Waals surface area contributed by atoms with E-state index >= 15 is 0 Å². The van der Waals surface area contributed by atoms with Crippen LogP contribution in [0.3, 0.4) is 0 Å². The number of benzene rings is 2. The summed E-state index contributed by atoms with van der Waals surface area (Å²) in [7, 11) is 0. The molecule has 0 aliphatic carbocycles. The molecule has 0 saturated carbocycles. The number of para-hydroxylation sites is 1. The van der Waals surface area contributed by atoms with Gasteiger partial charge in [0.25, 0.3) is 0 Å². The first-order valence-electron chi connectivity index (χ1n) is 9.07. The number of fused-ring (bicyclic) bond motifs is 2. The number of nitrogens with two attached hydrogens (primary N) is 1. The van der Waals surface area contributed by atoms with Gasteiger partial charge in [-0.15, -0.1) is 0 Å². The molecule has 138 valence electrons. The van der Waals surface area contributed by atoms with Crippen molar-refractivity contribution in [3.05, 3.63) is 64.2 Å². The first kappa shape index (κ1) is 18.7. The second-order valence-electron chi connectivity index (χ2n) is 6.61. The third kappa shape index (κ3) is 3.08. The van der Waals surface area contributed by atoms with E-state index in [1.54, 1.807) is 6.07 Å². The van der Waals surface area contributed by atoms with E-state index in [2.05, 4.69) is 18.7 Å². The summed E-state index contributed by atoms with van der Waals surface area (Å²) in [4.78, 5) is 15.3. The van der Waals surface area contributed by atoms with Crippen molar-refractivity contribution in [2.24, 2.45) is 5.73 Å². The molecule has 1 heterocycles. The quantitative estimate of drug-likeness (QED) is 0.840. The summed E-state index contributed by atoms with van der Waals surface area (Å²) < 4.78 is 6.02. The highest BCUT2D eigenvalue weighted by Crippen LogP contribution is 2.47. The van der Waals surface area contributed by atoms with Crippen LogP contribution in [0.5, 0.6) is 5.75 Å². The maximum Gasteiger partial charge on any atom is 0.232 e. The molecule has 0 saturated heterocycles. The number of primary amides is 1. The Morgan fingerprint density at radius 3 is 2.54 bits per heavy atom. The van der Waals surface area contributed by atoms with Crippen LogP contribution in [0.25, 0.3) is 0 Å². The predicted molar refractivity (Wildman–Crippen MR) is 105 cm³/mol. The first-order chi connectivity index (χ1) is 12.5. The number of hydrogen-bond donors (Lipinski definition) is 1. The van der Waals surface area contributed by atoms with Crippen LogP contribution in [0.15, 0.2) is 42.5 Å². The second kappa shape index (κ2) is 7.68. The molecule has 2 N–H and O–H groups in total. The topological polar surface area (TPSA) is 55.6 Å². The van der Waals surface area contributed by atoms with Gasteiger partial charge in [-0.2, -0.15) is 0 Å². The van der Waals surface area contributed by atoms with Gasteiger partial charge >= 0.3 is 0 Å². The Bertz CT molecular complexity index is 804. The minimum Gasteiger partial charge on any atom is -0.487 e. The second-order valence-corrected chi connectivity index (χ2v) is 7.02. The summed E-state index contributed by atoms with van der Waals surface area (Å²) >= 11 is 6.42. The van der Waals surface area contributed by atoms with Crippen LogP contribution in [-0.4, -0.2) is 30.4 Å². The molecule has 5 heteroatoms. The Hall–Kier alpha value is -2.04. The fourth-order valence-electron chi connectivity index (χ4n) is 3.87. The highest BCUT2D eigenvalue weighted by molar-refractivity contribution is 6.32. The maximum atomic E-state index is 13.0. The summed E-state index contributed by atoms with van der Waals surface area (Å²) in [5.74, 6) is 0.190. The fraction of sp³-hybridized carbons (Fsp3) is 0.381. The Labute approximate surface area is 159 Å². The van der Waals surface area contributed by atoms with Crippen molar-refractivity contribution in [2.45, 2.75) is 32.3 Å². The molecule has 1 aliphatic heterocycles. The number of carbonyl (C=O) groups is 1. The van der Waals surface area contributed by atoms with E-state index in [1.165, 1.54) is 0 Å². The summed E-state index contributed by atoms with van der Waals surface area (Å²) in [5, 5.41) is 0.503. The molecule has 1 atom stereocenters. The monoisotopic (exact) mass is 372 g/mol. The van der Waals surface area contributed by atoms with Gasteiger partial charge in [-0.25, -0.2) is 0 Å². The summed E-state index contributed by atoms with van der Waals surface area (Å²) in [5.41, 5.74) is 7.75. The molecule has 0 fully saturated rings. The number of ether oxygens (including phenoxy) is 1. The molecule has 0 bridgehead atoms. The largest absolute Gasteiger partial charge is 0.487 e. The van der Waals surface area contributed by atoms with Gasteiger partial charge in [-0.1, -0.05) is 61.8 Å². The third-order valence-electron chi connectivity index (χ3n) is 5.39. The predicted octanol–water partition coefficient (Wildman–Crippen LogP) is 3.74. The fourth-order valence-corrected chi connectivity index (χ4v) is 4.10. The van der Waals surface area contributed by atoms with Crippen molar-refractivity contribution in [2.75, 3.05) is 19.6 Å². The zero-order chi connectivity index (χ0) is 18.7. The van der Waals surface area contributed by atoms with Gasteiger partial charge in [0, 0.05) is 5.56 Å². The van der Waals surface area contributed by atoms with E-state index in [0.29, 0.717) is 23.8 Å². The van der Waals surface area contributed by atoms with E-state index in [-0.39, 0.29) is 5.91 Å². The zero-order valence-electron chi connectivity index (χ0n) is 15.3. The lowest BCUT2D eigenvalue weighted by atomic mass is 9.69. The van der Waals surface area contributed by atoms with Crippen molar-refractivity contribution in [1.29, 1.82) is 0 Å². The van der Waals surface area contributed by atoms with Gasteiger partial charge in [0.05, 0.1) is 5.02 Å². The van der Waals surface area contributed by atoms with Gasteiger partial charge in [-0.05, 0) is 43.2 Å². The van der Waals surface area contributed by atoms with E-state index in [1.807, 2.05) is 36.4 Å². The number of amides is 1.